The summed E-state index contributed by atoms with van der Waals surface area (Å²) in [6.07, 6.45) is 7.19. The number of ketones is 1. The van der Waals surface area contributed by atoms with Gasteiger partial charge in [-0.25, -0.2) is 8.99 Å². The smallest absolute Gasteiger partial charge is 0.199 e. The van der Waals surface area contributed by atoms with Crippen LogP contribution in [0.3, 0.4) is 0 Å². The largest absolute Gasteiger partial charge is 0.454 e. The number of furan rings is 1. The molecule has 0 bridgehead atoms. The lowest BCUT2D eigenvalue weighted by Gasteiger charge is -2.21. The van der Waals surface area contributed by atoms with E-state index in [2.05, 4.69) is 19.9 Å². The van der Waals surface area contributed by atoms with Gasteiger partial charge in [0.15, 0.2) is 10.9 Å². The highest BCUT2D eigenvalue weighted by molar-refractivity contribution is 7.93. The number of hydrogen-bond acceptors (Lipinski definition) is 5. The predicted molar refractivity (Wildman–Crippen MR) is 121 cm³/mol. The van der Waals surface area contributed by atoms with E-state index in [0.717, 1.165) is 24.8 Å². The zero-order valence-corrected chi connectivity index (χ0v) is 19.7. The fraction of sp³-hybridized carbons (Fsp3) is 0.560. The van der Waals surface area contributed by atoms with Crippen molar-refractivity contribution in [1.29, 1.82) is 4.78 Å². The molecule has 1 aromatic heterocycles. The topological polar surface area (TPSA) is 91.4 Å². The van der Waals surface area contributed by atoms with Crippen molar-refractivity contribution in [3.63, 3.8) is 0 Å². The van der Waals surface area contributed by atoms with Gasteiger partial charge in [0.2, 0.25) is 0 Å². The van der Waals surface area contributed by atoms with Crippen LogP contribution in [0.15, 0.2) is 27.9 Å². The fourth-order valence-corrected chi connectivity index (χ4v) is 6.13. The van der Waals surface area contributed by atoms with E-state index in [9.17, 15) is 14.1 Å². The molecular formula is C25H33NO4S. The molecule has 0 amide bonds. The van der Waals surface area contributed by atoms with Crippen molar-refractivity contribution in [1.82, 2.24) is 0 Å². The summed E-state index contributed by atoms with van der Waals surface area (Å²) in [5.74, 6) is 0.554. The summed E-state index contributed by atoms with van der Waals surface area (Å²) < 4.78 is 26.7. The highest BCUT2D eigenvalue weighted by Gasteiger charge is 2.33. The summed E-state index contributed by atoms with van der Waals surface area (Å²) in [5, 5.41) is 10.1. The monoisotopic (exact) mass is 443 g/mol. The number of carbonyl (C=O) groups is 1. The van der Waals surface area contributed by atoms with E-state index in [0.29, 0.717) is 17.4 Å². The van der Waals surface area contributed by atoms with E-state index in [1.165, 1.54) is 47.4 Å². The van der Waals surface area contributed by atoms with Gasteiger partial charge in [-0.2, -0.15) is 0 Å². The van der Waals surface area contributed by atoms with Gasteiger partial charge >= 0.3 is 0 Å². The van der Waals surface area contributed by atoms with Crippen LogP contribution in [-0.4, -0.2) is 20.9 Å². The second-order valence-corrected chi connectivity index (χ2v) is 12.0. The first kappa shape index (κ1) is 22.3. The lowest BCUT2D eigenvalue weighted by atomic mass is 9.84. The molecule has 2 N–H and O–H groups in total. The maximum absolute atomic E-state index is 13.1. The molecule has 2 aliphatic carbocycles. The zero-order valence-electron chi connectivity index (χ0n) is 18.9. The number of hydrogen-bond donors (Lipinski definition) is 2. The van der Waals surface area contributed by atoms with Gasteiger partial charge in [-0.15, -0.1) is 0 Å². The minimum atomic E-state index is -3.41. The first-order valence-electron chi connectivity index (χ1n) is 11.2. The highest BCUT2D eigenvalue weighted by Crippen LogP contribution is 2.45. The Morgan fingerprint density at radius 1 is 1.29 bits per heavy atom. The van der Waals surface area contributed by atoms with E-state index in [1.807, 2.05) is 0 Å². The van der Waals surface area contributed by atoms with Crippen molar-refractivity contribution < 1.29 is 18.5 Å². The Morgan fingerprint density at radius 3 is 2.58 bits per heavy atom. The molecule has 1 saturated carbocycles. The second kappa shape index (κ2) is 7.89. The van der Waals surface area contributed by atoms with E-state index >= 15 is 0 Å². The Hall–Kier alpha value is -1.92. The third kappa shape index (κ3) is 4.51. The number of aryl methyl sites for hydroxylation is 1. The van der Waals surface area contributed by atoms with E-state index < -0.39 is 15.3 Å². The van der Waals surface area contributed by atoms with Crippen LogP contribution in [-0.2, 0) is 39.4 Å². The molecule has 31 heavy (non-hydrogen) atoms. The zero-order chi connectivity index (χ0) is 22.6. The number of rotatable bonds is 8. The van der Waals surface area contributed by atoms with Gasteiger partial charge in [0.1, 0.15) is 9.73 Å². The number of Topliss-reactive ketones (excluding diaryl/α,β-unsaturated/α-hetero) is 1. The molecule has 2 aliphatic rings. The summed E-state index contributed by atoms with van der Waals surface area (Å²) in [5.41, 5.74) is 5.70. The lowest BCUT2D eigenvalue weighted by Crippen LogP contribution is -2.19. The Kier molecular flexibility index (Phi) is 5.67. The average molecular weight is 444 g/mol. The van der Waals surface area contributed by atoms with Crippen LogP contribution in [0.1, 0.15) is 79.3 Å². The number of aliphatic hydroxyl groups is 1. The van der Waals surface area contributed by atoms with Crippen LogP contribution in [0, 0.1) is 17.6 Å². The number of nitrogens with one attached hydrogen (secondary N) is 1. The van der Waals surface area contributed by atoms with Gasteiger partial charge in [0.25, 0.3) is 0 Å². The summed E-state index contributed by atoms with van der Waals surface area (Å²) in [4.78, 5) is 13.1. The van der Waals surface area contributed by atoms with Crippen molar-refractivity contribution in [2.75, 3.05) is 5.75 Å². The number of fused-ring (bicyclic) bond motifs is 1. The maximum Gasteiger partial charge on any atom is 0.199 e. The predicted octanol–water partition coefficient (Wildman–Crippen LogP) is 5.04. The third-order valence-electron chi connectivity index (χ3n) is 6.94. The van der Waals surface area contributed by atoms with Crippen LogP contribution in [0.25, 0.3) is 0 Å². The van der Waals surface area contributed by atoms with E-state index in [-0.39, 0.29) is 23.0 Å². The molecule has 0 unspecified atom stereocenters. The number of carbonyl (C=O) groups excluding carboxylic acids is 1. The molecule has 2 aromatic rings. The molecule has 2 atom stereocenters. The maximum atomic E-state index is 13.1. The van der Waals surface area contributed by atoms with Crippen LogP contribution in [0.2, 0.25) is 0 Å². The molecule has 6 heteroatoms. The minimum absolute atomic E-state index is 0.0429. The standard InChI is InChI=1S/C25H33NO4S/c1-15-10-22(16(2)17-8-9-17)23(21-7-5-6-20(15)21)12-19(27)14-31(26,29)24-11-18(13-30-24)25(3,4)28/h10-11,13,16-17,26,28H,5-9,12,14H2,1-4H3/t16-,31-/m0/s1. The summed E-state index contributed by atoms with van der Waals surface area (Å²) >= 11 is 0. The summed E-state index contributed by atoms with van der Waals surface area (Å²) in [7, 11) is -3.41. The fourth-order valence-electron chi connectivity index (χ4n) is 4.92. The molecule has 0 spiro atoms. The second-order valence-electron chi connectivity index (χ2n) is 9.95. The van der Waals surface area contributed by atoms with Gasteiger partial charge in [-0.1, -0.05) is 13.0 Å². The molecule has 5 nitrogen and oxygen atoms in total. The Balaban J connectivity index is 1.60. The number of benzene rings is 1. The Morgan fingerprint density at radius 2 is 1.97 bits per heavy atom. The molecule has 1 fully saturated rings. The van der Waals surface area contributed by atoms with Crippen LogP contribution in [0.4, 0.5) is 0 Å². The normalized spacial score (nSPS) is 19.1. The first-order chi connectivity index (χ1) is 14.5. The van der Waals surface area contributed by atoms with E-state index in [4.69, 9.17) is 9.20 Å². The molecule has 4 rings (SSSR count). The Labute approximate surface area is 185 Å². The van der Waals surface area contributed by atoms with Gasteiger partial charge in [-0.3, -0.25) is 4.79 Å². The van der Waals surface area contributed by atoms with Crippen LogP contribution < -0.4 is 0 Å². The van der Waals surface area contributed by atoms with Gasteiger partial charge in [0, 0.05) is 18.1 Å². The van der Waals surface area contributed by atoms with E-state index in [1.54, 1.807) is 13.8 Å². The Bertz CT molecular complexity index is 1120. The van der Waals surface area contributed by atoms with Crippen molar-refractivity contribution >= 4 is 15.5 Å². The van der Waals surface area contributed by atoms with Gasteiger partial charge in [-0.05, 0) is 92.5 Å². The summed E-state index contributed by atoms with van der Waals surface area (Å²) in [6, 6.07) is 3.71. The van der Waals surface area contributed by atoms with Crippen molar-refractivity contribution in [3.8, 4) is 0 Å². The molecular weight excluding hydrogens is 410 g/mol. The molecule has 168 valence electrons. The lowest BCUT2D eigenvalue weighted by molar-refractivity contribution is -0.116. The third-order valence-corrected chi connectivity index (χ3v) is 8.54. The van der Waals surface area contributed by atoms with Crippen LogP contribution in [0.5, 0.6) is 0 Å². The first-order valence-corrected chi connectivity index (χ1v) is 12.9. The highest BCUT2D eigenvalue weighted by atomic mass is 32.2. The van der Waals surface area contributed by atoms with Crippen molar-refractivity contribution in [2.24, 2.45) is 5.92 Å². The van der Waals surface area contributed by atoms with Crippen LogP contribution >= 0.6 is 0 Å². The van der Waals surface area contributed by atoms with Crippen molar-refractivity contribution in [2.45, 2.75) is 82.8 Å². The molecule has 0 aliphatic heterocycles. The van der Waals surface area contributed by atoms with Gasteiger partial charge in [0.05, 0.1) is 17.6 Å². The summed E-state index contributed by atoms with van der Waals surface area (Å²) in [6.45, 7) is 7.63. The SMILES string of the molecule is Cc1cc([C@@H](C)C2CC2)c(CC(=O)C[S@](=N)(=O)c2cc(C(C)(C)O)co2)c2c1CCC2. The molecule has 0 saturated heterocycles. The molecule has 1 aromatic carbocycles. The molecule has 1 heterocycles. The minimum Gasteiger partial charge on any atom is -0.454 e. The van der Waals surface area contributed by atoms with Gasteiger partial charge < -0.3 is 9.52 Å². The quantitative estimate of drug-likeness (QED) is 0.598. The molecule has 0 radical (unpaired) electrons. The average Bonchev–Trinajstić information content (AvgIpc) is 3.17. The van der Waals surface area contributed by atoms with Crippen molar-refractivity contribution in [3.05, 3.63) is 51.8 Å².